The van der Waals surface area contributed by atoms with Crippen LogP contribution in [-0.4, -0.2) is 22.1 Å². The number of carbonyl (C=O) groups is 1. The maximum atomic E-state index is 12.4. The van der Waals surface area contributed by atoms with E-state index >= 15 is 0 Å². The van der Waals surface area contributed by atoms with Crippen LogP contribution in [0.1, 0.15) is 43.0 Å². The number of fused-ring (bicyclic) bond motifs is 1. The number of amides is 1. The van der Waals surface area contributed by atoms with Crippen molar-refractivity contribution in [1.29, 1.82) is 0 Å². The van der Waals surface area contributed by atoms with Gasteiger partial charge in [-0.15, -0.1) is 5.10 Å². The van der Waals surface area contributed by atoms with E-state index in [-0.39, 0.29) is 11.7 Å². The third kappa shape index (κ3) is 2.03. The van der Waals surface area contributed by atoms with Gasteiger partial charge in [-0.3, -0.25) is 4.79 Å². The number of rotatable bonds is 4. The standard InChI is InChI=1S/C15H20N4O/c1-2-15(7-5-8-15)10-17-14(20)12-11-6-3-4-9-19(11)18-13(12)16/h3-4,6,9H,2,5,7-8,10H2,1H3,(H2,16,18)(H,17,20). The van der Waals surface area contributed by atoms with Gasteiger partial charge < -0.3 is 11.1 Å². The molecule has 0 bridgehead atoms. The van der Waals surface area contributed by atoms with E-state index in [1.165, 1.54) is 19.3 Å². The van der Waals surface area contributed by atoms with Gasteiger partial charge in [0.2, 0.25) is 0 Å². The zero-order valence-corrected chi connectivity index (χ0v) is 11.7. The van der Waals surface area contributed by atoms with E-state index in [9.17, 15) is 4.79 Å². The van der Waals surface area contributed by atoms with Gasteiger partial charge >= 0.3 is 0 Å². The van der Waals surface area contributed by atoms with Crippen LogP contribution in [0.25, 0.3) is 5.52 Å². The lowest BCUT2D eigenvalue weighted by molar-refractivity contribution is 0.0852. The van der Waals surface area contributed by atoms with E-state index < -0.39 is 0 Å². The molecule has 0 unspecified atom stereocenters. The van der Waals surface area contributed by atoms with Crippen LogP contribution in [0.4, 0.5) is 5.82 Å². The predicted molar refractivity (Wildman–Crippen MR) is 78.5 cm³/mol. The Bertz CT molecular complexity index is 637. The van der Waals surface area contributed by atoms with Gasteiger partial charge in [0.25, 0.3) is 5.91 Å². The first-order valence-corrected chi connectivity index (χ1v) is 7.16. The molecule has 20 heavy (non-hydrogen) atoms. The second-order valence-corrected chi connectivity index (χ2v) is 5.68. The summed E-state index contributed by atoms with van der Waals surface area (Å²) in [5, 5.41) is 7.21. The molecule has 2 heterocycles. The summed E-state index contributed by atoms with van der Waals surface area (Å²) in [5.41, 5.74) is 7.41. The first kappa shape index (κ1) is 13.0. The van der Waals surface area contributed by atoms with Crippen LogP contribution in [0.5, 0.6) is 0 Å². The van der Waals surface area contributed by atoms with Crippen LogP contribution in [-0.2, 0) is 0 Å². The van der Waals surface area contributed by atoms with E-state index in [0.29, 0.717) is 11.0 Å². The molecule has 2 aromatic rings. The van der Waals surface area contributed by atoms with Crippen LogP contribution in [0, 0.1) is 5.41 Å². The highest BCUT2D eigenvalue weighted by Gasteiger charge is 2.35. The number of anilines is 1. The maximum Gasteiger partial charge on any atom is 0.257 e. The van der Waals surface area contributed by atoms with Gasteiger partial charge in [0.05, 0.1) is 5.52 Å². The van der Waals surface area contributed by atoms with Crippen molar-refractivity contribution in [2.24, 2.45) is 5.41 Å². The number of hydrogen-bond acceptors (Lipinski definition) is 3. The summed E-state index contributed by atoms with van der Waals surface area (Å²) in [6.07, 6.45) is 6.57. The van der Waals surface area contributed by atoms with Gasteiger partial charge in [0, 0.05) is 12.7 Å². The number of nitrogens with one attached hydrogen (secondary N) is 1. The van der Waals surface area contributed by atoms with Gasteiger partial charge in [0.1, 0.15) is 5.56 Å². The molecule has 3 rings (SSSR count). The first-order chi connectivity index (χ1) is 9.65. The minimum absolute atomic E-state index is 0.122. The van der Waals surface area contributed by atoms with Gasteiger partial charge in [-0.2, -0.15) is 0 Å². The Morgan fingerprint density at radius 1 is 1.50 bits per heavy atom. The molecule has 106 valence electrons. The van der Waals surface area contributed by atoms with E-state index in [1.54, 1.807) is 10.7 Å². The molecular formula is C15H20N4O. The molecule has 0 aliphatic heterocycles. The monoisotopic (exact) mass is 272 g/mol. The highest BCUT2D eigenvalue weighted by atomic mass is 16.1. The molecule has 0 radical (unpaired) electrons. The highest BCUT2D eigenvalue weighted by molar-refractivity contribution is 6.05. The molecule has 1 fully saturated rings. The van der Waals surface area contributed by atoms with Crippen molar-refractivity contribution in [3.05, 3.63) is 30.0 Å². The van der Waals surface area contributed by atoms with Crippen LogP contribution in [0.3, 0.4) is 0 Å². The van der Waals surface area contributed by atoms with Crippen molar-refractivity contribution < 1.29 is 4.79 Å². The summed E-state index contributed by atoms with van der Waals surface area (Å²) >= 11 is 0. The largest absolute Gasteiger partial charge is 0.382 e. The molecule has 1 aliphatic rings. The molecule has 0 spiro atoms. The Morgan fingerprint density at radius 3 is 2.95 bits per heavy atom. The second-order valence-electron chi connectivity index (χ2n) is 5.68. The lowest BCUT2D eigenvalue weighted by Crippen LogP contribution is -2.41. The molecule has 0 saturated heterocycles. The van der Waals surface area contributed by atoms with Crippen molar-refractivity contribution >= 4 is 17.2 Å². The van der Waals surface area contributed by atoms with Crippen LogP contribution < -0.4 is 11.1 Å². The van der Waals surface area contributed by atoms with Crippen LogP contribution >= 0.6 is 0 Å². The minimum atomic E-state index is -0.122. The lowest BCUT2D eigenvalue weighted by Gasteiger charge is -2.41. The molecule has 5 nitrogen and oxygen atoms in total. The van der Waals surface area contributed by atoms with Crippen molar-refractivity contribution in [2.75, 3.05) is 12.3 Å². The Morgan fingerprint density at radius 2 is 2.30 bits per heavy atom. The average molecular weight is 272 g/mol. The second kappa shape index (κ2) is 4.81. The number of aromatic nitrogens is 2. The van der Waals surface area contributed by atoms with Gasteiger partial charge in [-0.1, -0.05) is 19.4 Å². The topological polar surface area (TPSA) is 72.4 Å². The maximum absolute atomic E-state index is 12.4. The lowest BCUT2D eigenvalue weighted by atomic mass is 9.67. The van der Waals surface area contributed by atoms with E-state index in [1.807, 2.05) is 18.2 Å². The number of carbonyl (C=O) groups excluding carboxylic acids is 1. The van der Waals surface area contributed by atoms with Crippen molar-refractivity contribution in [2.45, 2.75) is 32.6 Å². The quantitative estimate of drug-likeness (QED) is 0.896. The summed E-state index contributed by atoms with van der Waals surface area (Å²) in [5.74, 6) is 0.163. The van der Waals surface area contributed by atoms with Crippen molar-refractivity contribution in [3.8, 4) is 0 Å². The summed E-state index contributed by atoms with van der Waals surface area (Å²) in [6, 6.07) is 5.60. The number of pyridine rings is 1. The summed E-state index contributed by atoms with van der Waals surface area (Å²) in [4.78, 5) is 12.4. The normalized spacial score (nSPS) is 16.9. The first-order valence-electron chi connectivity index (χ1n) is 7.16. The molecule has 5 heteroatoms. The van der Waals surface area contributed by atoms with Gasteiger partial charge in [-0.05, 0) is 36.8 Å². The SMILES string of the molecule is CCC1(CNC(=O)c2c(N)nn3ccccc23)CCC1. The molecular weight excluding hydrogens is 252 g/mol. The Kier molecular flexibility index (Phi) is 3.12. The van der Waals surface area contributed by atoms with Gasteiger partial charge in [0.15, 0.2) is 5.82 Å². The van der Waals surface area contributed by atoms with Gasteiger partial charge in [-0.25, -0.2) is 4.52 Å². The van der Waals surface area contributed by atoms with E-state index in [0.717, 1.165) is 18.5 Å². The zero-order chi connectivity index (χ0) is 14.2. The Balaban J connectivity index is 1.80. The van der Waals surface area contributed by atoms with Crippen molar-refractivity contribution in [1.82, 2.24) is 14.9 Å². The fourth-order valence-corrected chi connectivity index (χ4v) is 2.94. The Hall–Kier alpha value is -2.04. The smallest absolute Gasteiger partial charge is 0.257 e. The van der Waals surface area contributed by atoms with E-state index in [4.69, 9.17) is 5.73 Å². The molecule has 3 N–H and O–H groups in total. The molecule has 1 amide bonds. The summed E-state index contributed by atoms with van der Waals surface area (Å²) in [6.45, 7) is 2.92. The number of nitrogens with two attached hydrogens (primary N) is 1. The Labute approximate surface area is 118 Å². The molecule has 2 aromatic heterocycles. The third-order valence-corrected chi connectivity index (χ3v) is 4.58. The third-order valence-electron chi connectivity index (χ3n) is 4.58. The molecule has 1 aliphatic carbocycles. The predicted octanol–water partition coefficient (Wildman–Crippen LogP) is 2.23. The number of nitrogen functional groups attached to an aromatic ring is 1. The highest BCUT2D eigenvalue weighted by Crippen LogP contribution is 2.43. The van der Waals surface area contributed by atoms with Crippen molar-refractivity contribution in [3.63, 3.8) is 0 Å². The number of hydrogen-bond donors (Lipinski definition) is 2. The molecule has 1 saturated carbocycles. The average Bonchev–Trinajstić information content (AvgIpc) is 2.73. The molecule has 0 atom stereocenters. The zero-order valence-electron chi connectivity index (χ0n) is 11.7. The fraction of sp³-hybridized carbons (Fsp3) is 0.467. The van der Waals surface area contributed by atoms with E-state index in [2.05, 4.69) is 17.3 Å². The van der Waals surface area contributed by atoms with Crippen LogP contribution in [0.15, 0.2) is 24.4 Å². The van der Waals surface area contributed by atoms with Crippen LogP contribution in [0.2, 0.25) is 0 Å². The number of nitrogens with zero attached hydrogens (tertiary/aromatic N) is 2. The fourth-order valence-electron chi connectivity index (χ4n) is 2.94. The summed E-state index contributed by atoms with van der Waals surface area (Å²) in [7, 11) is 0. The summed E-state index contributed by atoms with van der Waals surface area (Å²) < 4.78 is 1.64. The molecule has 0 aromatic carbocycles. The minimum Gasteiger partial charge on any atom is -0.382 e.